The quantitative estimate of drug-likeness (QED) is 0.288. The van der Waals surface area contributed by atoms with Crippen molar-refractivity contribution in [2.75, 3.05) is 0 Å². The van der Waals surface area contributed by atoms with E-state index in [4.69, 9.17) is 5.02 Å². The van der Waals surface area contributed by atoms with E-state index in [-0.39, 0.29) is 29.6 Å². The molecule has 0 saturated carbocycles. The molecule has 0 heterocycles. The van der Waals surface area contributed by atoms with Gasteiger partial charge in [-0.05, 0) is 0 Å². The second kappa shape index (κ2) is 6.52. The van der Waals surface area contributed by atoms with Gasteiger partial charge in [0, 0.05) is 0 Å². The zero-order valence-electron chi connectivity index (χ0n) is 4.13. The van der Waals surface area contributed by atoms with E-state index in [1.807, 2.05) is 0 Å². The molecule has 7 heavy (non-hydrogen) atoms. The summed E-state index contributed by atoms with van der Waals surface area (Å²) >= 11 is 0. The van der Waals surface area contributed by atoms with E-state index in [2.05, 4.69) is 11.2 Å². The molecule has 0 aromatic carbocycles. The minimum atomic E-state index is -1.97. The molecular formula is C2H4BNaO3. The van der Waals surface area contributed by atoms with Crippen LogP contribution >= 0.6 is 0 Å². The molecule has 34 valence electrons. The molecule has 0 radical (unpaired) electrons. The third-order valence-electron chi connectivity index (χ3n) is 0.213. The van der Waals surface area contributed by atoms with E-state index in [9.17, 15) is 5.02 Å². The summed E-state index contributed by atoms with van der Waals surface area (Å²) in [4.78, 5) is 0. The van der Waals surface area contributed by atoms with E-state index in [0.29, 0.717) is 0 Å². The van der Waals surface area contributed by atoms with Crippen LogP contribution in [-0.2, 0) is 4.65 Å². The fraction of sp³-hybridized carbons (Fsp3) is 0. The molecule has 1 N–H and O–H groups in total. The largest absolute Gasteiger partial charge is 1.00 e. The third kappa shape index (κ3) is 10.8. The Balaban J connectivity index is 0. The van der Waals surface area contributed by atoms with Gasteiger partial charge in [-0.15, -0.1) is 0 Å². The van der Waals surface area contributed by atoms with E-state index >= 15 is 0 Å². The zero-order valence-corrected chi connectivity index (χ0v) is 6.13. The van der Waals surface area contributed by atoms with Gasteiger partial charge in [0.25, 0.3) is 0 Å². The first-order chi connectivity index (χ1) is 2.77. The van der Waals surface area contributed by atoms with Crippen molar-refractivity contribution in [3.63, 3.8) is 0 Å². The molecule has 0 aliphatic rings. The van der Waals surface area contributed by atoms with Crippen molar-refractivity contribution in [1.29, 1.82) is 0 Å². The summed E-state index contributed by atoms with van der Waals surface area (Å²) in [5.41, 5.74) is 0. The smallest absolute Gasteiger partial charge is 0.820 e. The van der Waals surface area contributed by atoms with Crippen LogP contribution in [-0.4, -0.2) is 12.3 Å². The molecule has 0 atom stereocenters. The zero-order chi connectivity index (χ0) is 4.99. The Hall–Kier alpha value is 0.525. The van der Waals surface area contributed by atoms with E-state index in [1.54, 1.807) is 0 Å². The Morgan fingerprint density at radius 1 is 1.86 bits per heavy atom. The molecule has 0 aliphatic heterocycles. The Bertz CT molecular complexity index is 48.2. The first kappa shape index (κ1) is 10.5. The van der Waals surface area contributed by atoms with Gasteiger partial charge in [-0.3, -0.25) is 0 Å². The Morgan fingerprint density at radius 3 is 2.29 bits per heavy atom. The number of hydrogen-bond donors (Lipinski definition) is 1. The van der Waals surface area contributed by atoms with Gasteiger partial charge >= 0.3 is 36.9 Å². The summed E-state index contributed by atoms with van der Waals surface area (Å²) in [5, 5.41) is 17.1. The molecule has 0 aliphatic carbocycles. The molecule has 3 nitrogen and oxygen atoms in total. The topological polar surface area (TPSA) is 52.5 Å². The summed E-state index contributed by atoms with van der Waals surface area (Å²) < 4.78 is 3.81. The maximum Gasteiger partial charge on any atom is 1.00 e. The SMILES string of the molecule is C=COB([O-])O.[Na+]. The standard InChI is InChI=1S/C2H4BO3.Na/c1-2-6-3(4)5;/h2,4H,1H2;/q-1;+1. The molecule has 0 aromatic heterocycles. The van der Waals surface area contributed by atoms with Gasteiger partial charge in [-0.1, -0.05) is 6.58 Å². The molecule has 0 fully saturated rings. The average molecular weight is 110 g/mol. The van der Waals surface area contributed by atoms with Crippen molar-refractivity contribution in [2.45, 2.75) is 0 Å². The van der Waals surface area contributed by atoms with E-state index in [0.717, 1.165) is 6.26 Å². The van der Waals surface area contributed by atoms with Crippen molar-refractivity contribution in [3.8, 4) is 0 Å². The van der Waals surface area contributed by atoms with Gasteiger partial charge in [-0.25, -0.2) is 0 Å². The maximum atomic E-state index is 9.39. The van der Waals surface area contributed by atoms with Crippen LogP contribution in [0.2, 0.25) is 0 Å². The number of rotatable bonds is 2. The summed E-state index contributed by atoms with van der Waals surface area (Å²) in [6, 6.07) is 0. The van der Waals surface area contributed by atoms with Gasteiger partial charge in [0.1, 0.15) is 0 Å². The van der Waals surface area contributed by atoms with Crippen LogP contribution in [0.5, 0.6) is 0 Å². The fourth-order valence-electron chi connectivity index (χ4n) is 0.0823. The van der Waals surface area contributed by atoms with Crippen molar-refractivity contribution in [1.82, 2.24) is 0 Å². The van der Waals surface area contributed by atoms with Crippen molar-refractivity contribution in [2.24, 2.45) is 0 Å². The minimum absolute atomic E-state index is 0. The van der Waals surface area contributed by atoms with Crippen LogP contribution in [0.1, 0.15) is 0 Å². The number of hydrogen-bond acceptors (Lipinski definition) is 3. The minimum Gasteiger partial charge on any atom is -0.820 e. The van der Waals surface area contributed by atoms with Crippen LogP contribution in [0.25, 0.3) is 0 Å². The van der Waals surface area contributed by atoms with Crippen LogP contribution in [0.15, 0.2) is 12.8 Å². The monoisotopic (exact) mass is 110 g/mol. The van der Waals surface area contributed by atoms with Gasteiger partial charge in [0.15, 0.2) is 0 Å². The molecule has 5 heteroatoms. The Morgan fingerprint density at radius 2 is 2.29 bits per heavy atom. The average Bonchev–Trinajstić information content (AvgIpc) is 1.35. The second-order valence-corrected chi connectivity index (χ2v) is 0.610. The van der Waals surface area contributed by atoms with Crippen LogP contribution in [0, 0.1) is 0 Å². The predicted octanol–water partition coefficient (Wildman–Crippen LogP) is -4.51. The van der Waals surface area contributed by atoms with Crippen LogP contribution in [0.4, 0.5) is 0 Å². The van der Waals surface area contributed by atoms with E-state index in [1.165, 1.54) is 0 Å². The van der Waals surface area contributed by atoms with Crippen molar-refractivity contribution < 1.29 is 44.3 Å². The molecule has 0 bridgehead atoms. The van der Waals surface area contributed by atoms with E-state index < -0.39 is 7.32 Å². The Labute approximate surface area is 64.5 Å². The summed E-state index contributed by atoms with van der Waals surface area (Å²) in [5.74, 6) is 0. The van der Waals surface area contributed by atoms with Crippen LogP contribution in [0.3, 0.4) is 0 Å². The van der Waals surface area contributed by atoms with Gasteiger partial charge in [0.2, 0.25) is 0 Å². The second-order valence-electron chi connectivity index (χ2n) is 0.610. The molecule has 0 amide bonds. The fourth-order valence-corrected chi connectivity index (χ4v) is 0.0823. The first-order valence-corrected chi connectivity index (χ1v) is 1.37. The third-order valence-corrected chi connectivity index (χ3v) is 0.213. The molecular weight excluding hydrogens is 106 g/mol. The molecule has 0 unspecified atom stereocenters. The maximum absolute atomic E-state index is 9.39. The molecule has 0 aromatic rings. The predicted molar refractivity (Wildman–Crippen MR) is 19.3 cm³/mol. The van der Waals surface area contributed by atoms with Crippen molar-refractivity contribution in [3.05, 3.63) is 12.8 Å². The summed E-state index contributed by atoms with van der Waals surface area (Å²) in [6.45, 7) is 3.02. The first-order valence-electron chi connectivity index (χ1n) is 1.37. The van der Waals surface area contributed by atoms with Gasteiger partial charge in [-0.2, -0.15) is 0 Å². The summed E-state index contributed by atoms with van der Waals surface area (Å²) in [6.07, 6.45) is 0.887. The Kier molecular flexibility index (Phi) is 9.78. The van der Waals surface area contributed by atoms with Crippen molar-refractivity contribution >= 4 is 7.32 Å². The molecule has 0 saturated heterocycles. The van der Waals surface area contributed by atoms with Gasteiger partial charge in [0.05, 0.1) is 6.26 Å². The molecule has 0 spiro atoms. The normalized spacial score (nSPS) is 6.00. The summed E-state index contributed by atoms with van der Waals surface area (Å²) in [7, 11) is -1.97. The molecule has 0 rings (SSSR count). The van der Waals surface area contributed by atoms with Gasteiger partial charge < -0.3 is 14.7 Å². The van der Waals surface area contributed by atoms with Crippen LogP contribution < -0.4 is 34.6 Å².